The number of carbonyl (C=O) groups excluding carboxylic acids is 2. The first-order valence-corrected chi connectivity index (χ1v) is 6.02. The van der Waals surface area contributed by atoms with Gasteiger partial charge in [-0.05, 0) is 6.26 Å². The van der Waals surface area contributed by atoms with Crippen LogP contribution in [0, 0.1) is 0 Å². The molecule has 0 amide bonds. The SMILES string of the molecule is C=CC(=O)OCCSC(=O)CSC. The molecule has 0 fully saturated rings. The summed E-state index contributed by atoms with van der Waals surface area (Å²) >= 11 is 2.67. The first-order valence-electron chi connectivity index (χ1n) is 3.64. The molecule has 5 heteroatoms. The minimum atomic E-state index is -0.446. The average Bonchev–Trinajstić information content (AvgIpc) is 2.12. The normalized spacial score (nSPS) is 9.31. The van der Waals surface area contributed by atoms with E-state index < -0.39 is 5.97 Å². The monoisotopic (exact) mass is 220 g/mol. The Hall–Kier alpha value is -0.420. The number of esters is 1. The number of rotatable bonds is 6. The van der Waals surface area contributed by atoms with E-state index in [9.17, 15) is 9.59 Å². The van der Waals surface area contributed by atoms with Crippen LogP contribution in [0.3, 0.4) is 0 Å². The first-order chi connectivity index (χ1) is 6.20. The topological polar surface area (TPSA) is 43.4 Å². The van der Waals surface area contributed by atoms with Crippen molar-refractivity contribution in [2.75, 3.05) is 24.4 Å². The highest BCUT2D eigenvalue weighted by molar-refractivity contribution is 8.15. The quantitative estimate of drug-likeness (QED) is 0.384. The van der Waals surface area contributed by atoms with Gasteiger partial charge in [0.2, 0.25) is 0 Å². The molecule has 0 spiro atoms. The summed E-state index contributed by atoms with van der Waals surface area (Å²) in [6, 6.07) is 0. The highest BCUT2D eigenvalue weighted by Gasteiger charge is 2.01. The lowest BCUT2D eigenvalue weighted by Gasteiger charge is -2.00. The Morgan fingerprint density at radius 2 is 2.23 bits per heavy atom. The van der Waals surface area contributed by atoms with Gasteiger partial charge in [-0.3, -0.25) is 4.79 Å². The summed E-state index contributed by atoms with van der Waals surface area (Å²) in [5, 5.41) is 0.113. The summed E-state index contributed by atoms with van der Waals surface area (Å²) in [5.41, 5.74) is 0. The third kappa shape index (κ3) is 7.93. The number of hydrogen-bond acceptors (Lipinski definition) is 5. The molecule has 3 nitrogen and oxygen atoms in total. The van der Waals surface area contributed by atoms with E-state index in [1.54, 1.807) is 0 Å². The molecule has 0 atom stereocenters. The van der Waals surface area contributed by atoms with Crippen molar-refractivity contribution < 1.29 is 14.3 Å². The van der Waals surface area contributed by atoms with Crippen LogP contribution in [0.5, 0.6) is 0 Å². The minimum Gasteiger partial charge on any atom is -0.462 e. The van der Waals surface area contributed by atoms with Crippen LogP contribution in [-0.4, -0.2) is 35.5 Å². The van der Waals surface area contributed by atoms with Crippen LogP contribution in [0.1, 0.15) is 0 Å². The molecule has 0 aromatic heterocycles. The predicted molar refractivity (Wildman–Crippen MR) is 57.0 cm³/mol. The lowest BCUT2D eigenvalue weighted by atomic mass is 10.6. The number of thioether (sulfide) groups is 2. The van der Waals surface area contributed by atoms with Gasteiger partial charge in [0.15, 0.2) is 5.12 Å². The molecule has 0 bridgehead atoms. The summed E-state index contributed by atoms with van der Waals surface area (Å²) in [6.07, 6.45) is 2.98. The Labute approximate surface area is 86.3 Å². The molecule has 0 radical (unpaired) electrons. The van der Waals surface area contributed by atoms with Gasteiger partial charge in [-0.15, -0.1) is 0 Å². The fourth-order valence-corrected chi connectivity index (χ4v) is 1.83. The van der Waals surface area contributed by atoms with Gasteiger partial charge in [0.1, 0.15) is 6.61 Å². The summed E-state index contributed by atoms with van der Waals surface area (Å²) < 4.78 is 4.68. The largest absolute Gasteiger partial charge is 0.462 e. The van der Waals surface area contributed by atoms with Crippen molar-refractivity contribution in [2.45, 2.75) is 0 Å². The van der Waals surface area contributed by atoms with Crippen LogP contribution < -0.4 is 0 Å². The van der Waals surface area contributed by atoms with Crippen molar-refractivity contribution in [3.05, 3.63) is 12.7 Å². The Morgan fingerprint density at radius 1 is 1.54 bits per heavy atom. The second-order valence-electron chi connectivity index (χ2n) is 2.03. The molecular weight excluding hydrogens is 208 g/mol. The lowest BCUT2D eigenvalue weighted by molar-refractivity contribution is -0.137. The van der Waals surface area contributed by atoms with Crippen molar-refractivity contribution >= 4 is 34.6 Å². The van der Waals surface area contributed by atoms with Gasteiger partial charge < -0.3 is 4.74 Å². The van der Waals surface area contributed by atoms with E-state index >= 15 is 0 Å². The molecular formula is C8H12O3S2. The maximum atomic E-state index is 10.9. The molecule has 0 aromatic rings. The van der Waals surface area contributed by atoms with Crippen molar-refractivity contribution in [2.24, 2.45) is 0 Å². The van der Waals surface area contributed by atoms with Crippen molar-refractivity contribution in [1.82, 2.24) is 0 Å². The molecule has 0 saturated heterocycles. The van der Waals surface area contributed by atoms with Gasteiger partial charge >= 0.3 is 5.97 Å². The number of ether oxygens (including phenoxy) is 1. The van der Waals surface area contributed by atoms with Crippen molar-refractivity contribution in [1.29, 1.82) is 0 Å². The van der Waals surface area contributed by atoms with E-state index in [0.29, 0.717) is 11.5 Å². The van der Waals surface area contributed by atoms with E-state index in [1.165, 1.54) is 23.5 Å². The zero-order valence-corrected chi connectivity index (χ0v) is 9.08. The van der Waals surface area contributed by atoms with Crippen LogP contribution in [0.4, 0.5) is 0 Å². The number of hydrogen-bond donors (Lipinski definition) is 0. The van der Waals surface area contributed by atoms with E-state index in [4.69, 9.17) is 0 Å². The first kappa shape index (κ1) is 12.6. The van der Waals surface area contributed by atoms with Crippen LogP contribution >= 0.6 is 23.5 Å². The van der Waals surface area contributed by atoms with Gasteiger partial charge in [0.05, 0.1) is 5.75 Å². The molecule has 0 rings (SSSR count). The maximum Gasteiger partial charge on any atom is 0.330 e. The Balaban J connectivity index is 3.30. The Bertz CT molecular complexity index is 192. The summed E-state index contributed by atoms with van der Waals surface area (Å²) in [4.78, 5) is 21.5. The van der Waals surface area contributed by atoms with Crippen LogP contribution in [-0.2, 0) is 14.3 Å². The molecule has 74 valence electrons. The fourth-order valence-electron chi connectivity index (χ4n) is 0.516. The summed E-state index contributed by atoms with van der Waals surface area (Å²) in [7, 11) is 0. The van der Waals surface area contributed by atoms with E-state index in [2.05, 4.69) is 11.3 Å². The smallest absolute Gasteiger partial charge is 0.330 e. The average molecular weight is 220 g/mol. The Kier molecular flexibility index (Phi) is 7.93. The van der Waals surface area contributed by atoms with Gasteiger partial charge in [-0.2, -0.15) is 11.8 Å². The van der Waals surface area contributed by atoms with Crippen LogP contribution in [0.2, 0.25) is 0 Å². The molecule has 0 aliphatic heterocycles. The lowest BCUT2D eigenvalue weighted by Crippen LogP contribution is -2.06. The minimum absolute atomic E-state index is 0.113. The van der Waals surface area contributed by atoms with E-state index in [0.717, 1.165) is 6.08 Å². The second-order valence-corrected chi connectivity index (χ2v) is 4.04. The van der Waals surface area contributed by atoms with Crippen molar-refractivity contribution in [3.8, 4) is 0 Å². The van der Waals surface area contributed by atoms with Gasteiger partial charge in [-0.1, -0.05) is 18.3 Å². The molecule has 0 unspecified atom stereocenters. The van der Waals surface area contributed by atoms with Gasteiger partial charge in [0.25, 0.3) is 0 Å². The van der Waals surface area contributed by atoms with Crippen LogP contribution in [0.15, 0.2) is 12.7 Å². The number of carbonyl (C=O) groups is 2. The zero-order valence-electron chi connectivity index (χ0n) is 7.45. The molecule has 13 heavy (non-hydrogen) atoms. The van der Waals surface area contributed by atoms with Gasteiger partial charge in [0, 0.05) is 11.8 Å². The summed E-state index contributed by atoms with van der Waals surface area (Å²) in [6.45, 7) is 3.51. The standard InChI is InChI=1S/C8H12O3S2/c1-3-7(9)11-4-5-13-8(10)6-12-2/h3H,1,4-6H2,2H3. The zero-order chi connectivity index (χ0) is 10.1. The highest BCUT2D eigenvalue weighted by atomic mass is 32.2. The van der Waals surface area contributed by atoms with Crippen LogP contribution in [0.25, 0.3) is 0 Å². The third-order valence-corrected chi connectivity index (χ3v) is 2.59. The third-order valence-electron chi connectivity index (χ3n) is 1.02. The summed E-state index contributed by atoms with van der Waals surface area (Å²) in [5.74, 6) is 0.567. The molecule has 0 aromatic carbocycles. The molecule has 0 saturated carbocycles. The molecule has 0 N–H and O–H groups in total. The fraction of sp³-hybridized carbons (Fsp3) is 0.500. The van der Waals surface area contributed by atoms with Crippen molar-refractivity contribution in [3.63, 3.8) is 0 Å². The van der Waals surface area contributed by atoms with E-state index in [-0.39, 0.29) is 11.7 Å². The second kappa shape index (κ2) is 8.19. The Morgan fingerprint density at radius 3 is 2.77 bits per heavy atom. The molecule has 0 aliphatic rings. The molecule has 0 aliphatic carbocycles. The van der Waals surface area contributed by atoms with Gasteiger partial charge in [-0.25, -0.2) is 4.79 Å². The predicted octanol–water partition coefficient (Wildman–Crippen LogP) is 1.34. The van der Waals surface area contributed by atoms with E-state index in [1.807, 2.05) is 6.26 Å². The highest BCUT2D eigenvalue weighted by Crippen LogP contribution is 2.06. The maximum absolute atomic E-state index is 10.9. The molecule has 0 heterocycles.